The van der Waals surface area contributed by atoms with E-state index in [0.717, 1.165) is 15.9 Å². The Bertz CT molecular complexity index is 980. The molecule has 0 aliphatic carbocycles. The molecule has 2 amide bonds. The number of aromatic nitrogens is 1. The molecule has 0 saturated carbocycles. The maximum atomic E-state index is 12.9. The smallest absolute Gasteiger partial charge is 0.251 e. The summed E-state index contributed by atoms with van der Waals surface area (Å²) >= 11 is 9.27. The SMILES string of the molecule is O=C(NCCCC(=O)N(Cc1ccccn1)c1ccc(Br)cc1)c1ccc(Cl)cc1. The highest BCUT2D eigenvalue weighted by atomic mass is 79.9. The minimum atomic E-state index is -0.183. The maximum absolute atomic E-state index is 12.9. The normalized spacial score (nSPS) is 10.5. The molecule has 3 aromatic rings. The number of carbonyl (C=O) groups is 2. The molecule has 1 N–H and O–H groups in total. The van der Waals surface area contributed by atoms with Crippen molar-refractivity contribution < 1.29 is 9.59 Å². The molecule has 0 aliphatic rings. The van der Waals surface area contributed by atoms with Crippen molar-refractivity contribution in [2.24, 2.45) is 0 Å². The van der Waals surface area contributed by atoms with Gasteiger partial charge in [-0.1, -0.05) is 33.6 Å². The van der Waals surface area contributed by atoms with Crippen LogP contribution >= 0.6 is 27.5 Å². The van der Waals surface area contributed by atoms with Crippen LogP contribution in [0.4, 0.5) is 5.69 Å². The fraction of sp³-hybridized carbons (Fsp3) is 0.174. The van der Waals surface area contributed by atoms with Crippen molar-refractivity contribution in [3.63, 3.8) is 0 Å². The predicted octanol–water partition coefficient (Wildman–Crippen LogP) is 5.24. The first-order valence-corrected chi connectivity index (χ1v) is 10.7. The molecule has 0 saturated heterocycles. The predicted molar refractivity (Wildman–Crippen MR) is 123 cm³/mol. The summed E-state index contributed by atoms with van der Waals surface area (Å²) in [4.78, 5) is 31.2. The lowest BCUT2D eigenvalue weighted by molar-refractivity contribution is -0.118. The molecule has 30 heavy (non-hydrogen) atoms. The first-order chi connectivity index (χ1) is 14.5. The molecule has 0 aliphatic heterocycles. The number of pyridine rings is 1. The van der Waals surface area contributed by atoms with Crippen LogP contribution in [-0.2, 0) is 11.3 Å². The molecule has 3 rings (SSSR count). The van der Waals surface area contributed by atoms with E-state index in [1.165, 1.54) is 0 Å². The second-order valence-corrected chi connectivity index (χ2v) is 8.00. The lowest BCUT2D eigenvalue weighted by Gasteiger charge is -2.23. The highest BCUT2D eigenvalue weighted by molar-refractivity contribution is 9.10. The quantitative estimate of drug-likeness (QED) is 0.443. The summed E-state index contributed by atoms with van der Waals surface area (Å²) in [5.74, 6) is -0.207. The number of anilines is 1. The van der Waals surface area contributed by atoms with Gasteiger partial charge in [0.05, 0.1) is 12.2 Å². The van der Waals surface area contributed by atoms with Gasteiger partial charge in [0.15, 0.2) is 0 Å². The molecule has 2 aromatic carbocycles. The van der Waals surface area contributed by atoms with Gasteiger partial charge < -0.3 is 10.2 Å². The van der Waals surface area contributed by atoms with E-state index in [1.807, 2.05) is 42.5 Å². The number of benzene rings is 2. The number of carbonyl (C=O) groups excluding carboxylic acids is 2. The second-order valence-electron chi connectivity index (χ2n) is 6.64. The zero-order chi connectivity index (χ0) is 21.3. The molecule has 0 radical (unpaired) electrons. The van der Waals surface area contributed by atoms with Crippen LogP contribution in [0.1, 0.15) is 28.9 Å². The molecule has 0 fully saturated rings. The van der Waals surface area contributed by atoms with Crippen LogP contribution in [0.15, 0.2) is 77.4 Å². The van der Waals surface area contributed by atoms with E-state index in [2.05, 4.69) is 26.2 Å². The highest BCUT2D eigenvalue weighted by Crippen LogP contribution is 2.21. The van der Waals surface area contributed by atoms with Gasteiger partial charge in [0, 0.05) is 39.9 Å². The van der Waals surface area contributed by atoms with E-state index in [9.17, 15) is 9.59 Å². The zero-order valence-corrected chi connectivity index (χ0v) is 18.6. The third-order valence-corrected chi connectivity index (χ3v) is 5.23. The third-order valence-electron chi connectivity index (χ3n) is 4.44. The van der Waals surface area contributed by atoms with Crippen LogP contribution in [-0.4, -0.2) is 23.3 Å². The molecule has 7 heteroatoms. The van der Waals surface area contributed by atoms with Gasteiger partial charge in [-0.05, 0) is 67.1 Å². The Kier molecular flexibility index (Phi) is 7.99. The molecule has 0 atom stereocenters. The van der Waals surface area contributed by atoms with Crippen LogP contribution in [0.3, 0.4) is 0 Å². The van der Waals surface area contributed by atoms with E-state index < -0.39 is 0 Å². The second kappa shape index (κ2) is 10.9. The van der Waals surface area contributed by atoms with Crippen molar-refractivity contribution in [2.45, 2.75) is 19.4 Å². The van der Waals surface area contributed by atoms with Crippen molar-refractivity contribution in [1.82, 2.24) is 10.3 Å². The van der Waals surface area contributed by atoms with E-state index in [-0.39, 0.29) is 11.8 Å². The Labute approximate surface area is 189 Å². The molecule has 5 nitrogen and oxygen atoms in total. The monoisotopic (exact) mass is 485 g/mol. The third kappa shape index (κ3) is 6.40. The number of rotatable bonds is 8. The summed E-state index contributed by atoms with van der Waals surface area (Å²) in [6.07, 6.45) is 2.56. The van der Waals surface area contributed by atoms with E-state index >= 15 is 0 Å². The Morgan fingerprint density at radius 3 is 2.40 bits per heavy atom. The first-order valence-electron chi connectivity index (χ1n) is 9.52. The van der Waals surface area contributed by atoms with Crippen molar-refractivity contribution in [1.29, 1.82) is 0 Å². The number of hydrogen-bond acceptors (Lipinski definition) is 3. The van der Waals surface area contributed by atoms with Gasteiger partial charge in [-0.2, -0.15) is 0 Å². The highest BCUT2D eigenvalue weighted by Gasteiger charge is 2.17. The molecule has 0 unspecified atom stereocenters. The molecule has 154 valence electrons. The molecule has 1 aromatic heterocycles. The lowest BCUT2D eigenvalue weighted by atomic mass is 10.2. The van der Waals surface area contributed by atoms with Crippen LogP contribution in [0.2, 0.25) is 5.02 Å². The lowest BCUT2D eigenvalue weighted by Crippen LogP contribution is -2.32. The van der Waals surface area contributed by atoms with E-state index in [1.54, 1.807) is 35.4 Å². The van der Waals surface area contributed by atoms with E-state index in [4.69, 9.17) is 11.6 Å². The standard InChI is InChI=1S/C23H21BrClN3O2/c24-18-8-12-21(13-9-18)28(16-20-4-1-2-14-26-20)22(29)5-3-15-27-23(30)17-6-10-19(25)11-7-17/h1-2,4,6-14H,3,5,15-16H2,(H,27,30). The summed E-state index contributed by atoms with van der Waals surface area (Å²) in [7, 11) is 0. The molecule has 0 bridgehead atoms. The minimum absolute atomic E-state index is 0.0243. The van der Waals surface area contributed by atoms with Gasteiger partial charge in [0.25, 0.3) is 5.91 Å². The van der Waals surface area contributed by atoms with Crippen LogP contribution in [0, 0.1) is 0 Å². The summed E-state index contributed by atoms with van der Waals surface area (Å²) < 4.78 is 0.946. The van der Waals surface area contributed by atoms with Crippen LogP contribution in [0.5, 0.6) is 0 Å². The largest absolute Gasteiger partial charge is 0.352 e. The molecule has 0 spiro atoms. The average molecular weight is 487 g/mol. The Morgan fingerprint density at radius 1 is 1.00 bits per heavy atom. The van der Waals surface area contributed by atoms with Crippen LogP contribution in [0.25, 0.3) is 0 Å². The Balaban J connectivity index is 1.58. The number of nitrogens with zero attached hydrogens (tertiary/aromatic N) is 2. The number of halogens is 2. The van der Waals surface area contributed by atoms with Gasteiger partial charge in [0.2, 0.25) is 5.91 Å². The molecular weight excluding hydrogens is 466 g/mol. The van der Waals surface area contributed by atoms with Crippen molar-refractivity contribution in [3.8, 4) is 0 Å². The summed E-state index contributed by atoms with van der Waals surface area (Å²) in [5, 5.41) is 3.42. The van der Waals surface area contributed by atoms with Gasteiger partial charge >= 0.3 is 0 Å². The van der Waals surface area contributed by atoms with Crippen molar-refractivity contribution in [3.05, 3.63) is 93.7 Å². The van der Waals surface area contributed by atoms with Gasteiger partial charge in [-0.15, -0.1) is 0 Å². The summed E-state index contributed by atoms with van der Waals surface area (Å²) in [5.41, 5.74) is 2.15. The summed E-state index contributed by atoms with van der Waals surface area (Å²) in [6, 6.07) is 19.9. The molecule has 1 heterocycles. The number of nitrogens with one attached hydrogen (secondary N) is 1. The minimum Gasteiger partial charge on any atom is -0.352 e. The number of hydrogen-bond donors (Lipinski definition) is 1. The molecular formula is C23H21BrClN3O2. The first kappa shape index (κ1) is 22.0. The fourth-order valence-corrected chi connectivity index (χ4v) is 3.27. The van der Waals surface area contributed by atoms with Crippen molar-refractivity contribution in [2.75, 3.05) is 11.4 Å². The summed E-state index contributed by atoms with van der Waals surface area (Å²) in [6.45, 7) is 0.795. The maximum Gasteiger partial charge on any atom is 0.251 e. The Morgan fingerprint density at radius 2 is 1.73 bits per heavy atom. The van der Waals surface area contributed by atoms with Gasteiger partial charge in [0.1, 0.15) is 0 Å². The zero-order valence-electron chi connectivity index (χ0n) is 16.2. The van der Waals surface area contributed by atoms with Crippen molar-refractivity contribution >= 4 is 45.0 Å². The van der Waals surface area contributed by atoms with Gasteiger partial charge in [-0.3, -0.25) is 14.6 Å². The van der Waals surface area contributed by atoms with Crippen LogP contribution < -0.4 is 10.2 Å². The fourth-order valence-electron chi connectivity index (χ4n) is 2.88. The topological polar surface area (TPSA) is 62.3 Å². The van der Waals surface area contributed by atoms with Gasteiger partial charge in [-0.25, -0.2) is 0 Å². The van der Waals surface area contributed by atoms with E-state index in [0.29, 0.717) is 36.5 Å². The Hall–Kier alpha value is -2.70. The number of amides is 2. The average Bonchev–Trinajstić information content (AvgIpc) is 2.76.